The highest BCUT2D eigenvalue weighted by atomic mass is 35.5. The van der Waals surface area contributed by atoms with Crippen molar-refractivity contribution in [3.63, 3.8) is 0 Å². The average Bonchev–Trinajstić information content (AvgIpc) is 2.05. The third kappa shape index (κ3) is 2.75. The number of alkyl halides is 1. The van der Waals surface area contributed by atoms with Crippen LogP contribution in [-0.4, -0.2) is 6.67 Å². The van der Waals surface area contributed by atoms with Gasteiger partial charge in [0.25, 0.3) is 0 Å². The molecule has 0 aliphatic carbocycles. The molecule has 1 nitrogen and oxygen atoms in total. The van der Waals surface area contributed by atoms with E-state index in [0.717, 1.165) is 0 Å². The van der Waals surface area contributed by atoms with Crippen LogP contribution in [0.2, 0.25) is 0 Å². The van der Waals surface area contributed by atoms with Gasteiger partial charge in [0, 0.05) is 0 Å². The lowest BCUT2D eigenvalue weighted by Crippen LogP contribution is -2.11. The lowest BCUT2D eigenvalue weighted by Gasteiger charge is -2.05. The minimum absolute atomic E-state index is 0. The molecule has 0 aromatic heterocycles. The summed E-state index contributed by atoms with van der Waals surface area (Å²) in [5, 5.41) is 0. The molecule has 0 saturated carbocycles. The van der Waals surface area contributed by atoms with Crippen LogP contribution in [0.25, 0.3) is 0 Å². The molecule has 1 rings (SSSR count). The molecule has 0 aliphatic heterocycles. The summed E-state index contributed by atoms with van der Waals surface area (Å²) in [6.45, 7) is -0.619. The summed E-state index contributed by atoms with van der Waals surface area (Å²) in [5.74, 6) is -0.334. The average molecular weight is 194 g/mol. The number of hydrogen-bond acceptors (Lipinski definition) is 1. The van der Waals surface area contributed by atoms with Crippen LogP contribution in [0.4, 0.5) is 8.78 Å². The summed E-state index contributed by atoms with van der Waals surface area (Å²) >= 11 is 0. The molecule has 0 bridgehead atoms. The van der Waals surface area contributed by atoms with Crippen LogP contribution >= 0.6 is 12.4 Å². The predicted molar refractivity (Wildman–Crippen MR) is 46.6 cm³/mol. The lowest BCUT2D eigenvalue weighted by atomic mass is 10.1. The third-order valence-corrected chi connectivity index (χ3v) is 1.46. The minimum atomic E-state index is -0.629. The highest BCUT2D eigenvalue weighted by molar-refractivity contribution is 5.85. The van der Waals surface area contributed by atoms with Gasteiger partial charge in [-0.05, 0) is 17.7 Å². The van der Waals surface area contributed by atoms with E-state index in [4.69, 9.17) is 5.73 Å². The smallest absolute Gasteiger partial charge is 0.123 e. The molecule has 1 aromatic carbocycles. The molecule has 68 valence electrons. The van der Waals surface area contributed by atoms with E-state index in [1.807, 2.05) is 0 Å². The van der Waals surface area contributed by atoms with Crippen LogP contribution in [0.3, 0.4) is 0 Å². The van der Waals surface area contributed by atoms with Crippen LogP contribution < -0.4 is 5.73 Å². The van der Waals surface area contributed by atoms with E-state index in [2.05, 4.69) is 0 Å². The Hall–Kier alpha value is -0.670. The molecule has 0 heterocycles. The summed E-state index contributed by atoms with van der Waals surface area (Å²) in [6, 6.07) is 4.88. The maximum atomic E-state index is 12.3. The number of halogens is 3. The summed E-state index contributed by atoms with van der Waals surface area (Å²) in [5.41, 5.74) is 5.97. The molecule has 0 fully saturated rings. The van der Waals surface area contributed by atoms with Crippen molar-refractivity contribution in [1.29, 1.82) is 0 Å². The normalized spacial score (nSPS) is 11.9. The van der Waals surface area contributed by atoms with E-state index in [-0.39, 0.29) is 18.2 Å². The van der Waals surface area contributed by atoms with E-state index >= 15 is 0 Å². The van der Waals surface area contributed by atoms with Crippen molar-refractivity contribution in [3.8, 4) is 0 Å². The largest absolute Gasteiger partial charge is 0.322 e. The number of benzene rings is 1. The third-order valence-electron chi connectivity index (χ3n) is 1.46. The van der Waals surface area contributed by atoms with Crippen LogP contribution in [0, 0.1) is 5.82 Å². The van der Waals surface area contributed by atoms with Crippen LogP contribution in [-0.2, 0) is 0 Å². The maximum absolute atomic E-state index is 12.3. The van der Waals surface area contributed by atoms with Gasteiger partial charge >= 0.3 is 0 Å². The second kappa shape index (κ2) is 5.06. The van der Waals surface area contributed by atoms with Gasteiger partial charge in [0.05, 0.1) is 6.04 Å². The zero-order valence-electron chi connectivity index (χ0n) is 6.34. The highest BCUT2D eigenvalue weighted by Gasteiger charge is 2.03. The van der Waals surface area contributed by atoms with Gasteiger partial charge in [0.1, 0.15) is 12.5 Å². The van der Waals surface area contributed by atoms with Crippen molar-refractivity contribution in [2.75, 3.05) is 6.67 Å². The van der Waals surface area contributed by atoms with Crippen molar-refractivity contribution < 1.29 is 8.78 Å². The molecule has 0 saturated heterocycles. The van der Waals surface area contributed by atoms with Crippen molar-refractivity contribution in [2.45, 2.75) is 6.04 Å². The lowest BCUT2D eigenvalue weighted by molar-refractivity contribution is 0.437. The summed E-state index contributed by atoms with van der Waals surface area (Å²) in [7, 11) is 0. The first kappa shape index (κ1) is 11.3. The Morgan fingerprint density at radius 1 is 1.25 bits per heavy atom. The van der Waals surface area contributed by atoms with Crippen molar-refractivity contribution in [2.24, 2.45) is 5.73 Å². The van der Waals surface area contributed by atoms with E-state index < -0.39 is 12.7 Å². The first-order valence-corrected chi connectivity index (χ1v) is 3.31. The summed E-state index contributed by atoms with van der Waals surface area (Å²) in [6.07, 6.45) is 0. The van der Waals surface area contributed by atoms with Gasteiger partial charge in [-0.2, -0.15) is 0 Å². The first-order chi connectivity index (χ1) is 5.24. The molecule has 12 heavy (non-hydrogen) atoms. The Morgan fingerprint density at radius 2 is 1.75 bits per heavy atom. The Morgan fingerprint density at radius 3 is 2.17 bits per heavy atom. The Labute approximate surface area is 76.0 Å². The van der Waals surface area contributed by atoms with Crippen LogP contribution in [0.1, 0.15) is 11.6 Å². The molecule has 0 aliphatic rings. The molecule has 1 unspecified atom stereocenters. The number of hydrogen-bond donors (Lipinski definition) is 1. The van der Waals surface area contributed by atoms with Gasteiger partial charge in [-0.25, -0.2) is 8.78 Å². The van der Waals surface area contributed by atoms with Gasteiger partial charge in [0.15, 0.2) is 0 Å². The fourth-order valence-corrected chi connectivity index (χ4v) is 0.799. The van der Waals surface area contributed by atoms with Crippen LogP contribution in [0.5, 0.6) is 0 Å². The maximum Gasteiger partial charge on any atom is 0.123 e. The van der Waals surface area contributed by atoms with Crippen LogP contribution in [0.15, 0.2) is 24.3 Å². The van der Waals surface area contributed by atoms with Gasteiger partial charge < -0.3 is 5.73 Å². The van der Waals surface area contributed by atoms with Gasteiger partial charge in [0.2, 0.25) is 0 Å². The molecule has 4 heteroatoms. The van der Waals surface area contributed by atoms with E-state index in [1.54, 1.807) is 0 Å². The molecule has 0 amide bonds. The first-order valence-electron chi connectivity index (χ1n) is 3.31. The van der Waals surface area contributed by atoms with Crippen molar-refractivity contribution in [1.82, 2.24) is 0 Å². The molecule has 0 radical (unpaired) electrons. The van der Waals surface area contributed by atoms with E-state index in [0.29, 0.717) is 5.56 Å². The van der Waals surface area contributed by atoms with Gasteiger partial charge in [-0.3, -0.25) is 0 Å². The Kier molecular flexibility index (Phi) is 4.78. The minimum Gasteiger partial charge on any atom is -0.322 e. The zero-order chi connectivity index (χ0) is 8.27. The number of nitrogens with two attached hydrogens (primary N) is 1. The van der Waals surface area contributed by atoms with Gasteiger partial charge in [-0.1, -0.05) is 12.1 Å². The topological polar surface area (TPSA) is 26.0 Å². The Balaban J connectivity index is 0.00000121. The fourth-order valence-electron chi connectivity index (χ4n) is 0.799. The summed E-state index contributed by atoms with van der Waals surface area (Å²) < 4.78 is 24.3. The molecule has 1 aromatic rings. The molecular formula is C8H10ClF2N. The predicted octanol–water partition coefficient (Wildman–Crippen LogP) is 2.22. The summed E-state index contributed by atoms with van der Waals surface area (Å²) in [4.78, 5) is 0. The zero-order valence-corrected chi connectivity index (χ0v) is 7.15. The highest BCUT2D eigenvalue weighted by Crippen LogP contribution is 2.10. The molecule has 2 N–H and O–H groups in total. The monoisotopic (exact) mass is 193 g/mol. The van der Waals surface area contributed by atoms with E-state index in [1.165, 1.54) is 24.3 Å². The second-order valence-electron chi connectivity index (χ2n) is 2.31. The van der Waals surface area contributed by atoms with E-state index in [9.17, 15) is 8.78 Å². The van der Waals surface area contributed by atoms with Crippen molar-refractivity contribution in [3.05, 3.63) is 35.6 Å². The molecular weight excluding hydrogens is 184 g/mol. The quantitative estimate of drug-likeness (QED) is 0.766. The standard InChI is InChI=1S/C8H9F2N.ClH/c9-5-8(11)6-1-3-7(10)4-2-6;/h1-4,8H,5,11H2;1H. The van der Waals surface area contributed by atoms with Crippen molar-refractivity contribution >= 4 is 12.4 Å². The fraction of sp³-hybridized carbons (Fsp3) is 0.250. The SMILES string of the molecule is Cl.NC(CF)c1ccc(F)cc1. The molecule has 0 spiro atoms. The van der Waals surface area contributed by atoms with Gasteiger partial charge in [-0.15, -0.1) is 12.4 Å². The molecule has 1 atom stereocenters. The Bertz CT molecular complexity index is 225. The number of rotatable bonds is 2. The second-order valence-corrected chi connectivity index (χ2v) is 2.31.